The second-order valence-electron chi connectivity index (χ2n) is 7.11. The first kappa shape index (κ1) is 17.4. The predicted molar refractivity (Wildman–Crippen MR) is 80.5 cm³/mol. The summed E-state index contributed by atoms with van der Waals surface area (Å²) in [5.41, 5.74) is 0.211. The van der Waals surface area contributed by atoms with Crippen molar-refractivity contribution in [3.63, 3.8) is 0 Å². The van der Waals surface area contributed by atoms with Crippen molar-refractivity contribution in [1.29, 1.82) is 0 Å². The maximum absolute atomic E-state index is 11.7. The fraction of sp³-hybridized carbons (Fsp3) is 0.938. The molecule has 0 aromatic rings. The van der Waals surface area contributed by atoms with E-state index >= 15 is 0 Å². The number of hydrogen-bond donors (Lipinski definition) is 2. The molecule has 1 rings (SSSR count). The largest absolute Gasteiger partial charge is 0.466 e. The minimum atomic E-state index is -0.0423. The zero-order valence-electron chi connectivity index (χ0n) is 13.4. The van der Waals surface area contributed by atoms with E-state index in [2.05, 4.69) is 26.1 Å². The minimum Gasteiger partial charge on any atom is -0.466 e. The molecular weight excluding hydrogens is 254 g/mol. The van der Waals surface area contributed by atoms with Gasteiger partial charge in [-0.2, -0.15) is 0 Å². The van der Waals surface area contributed by atoms with Gasteiger partial charge < -0.3 is 15.2 Å². The van der Waals surface area contributed by atoms with Crippen LogP contribution < -0.4 is 5.32 Å². The molecule has 4 heteroatoms. The number of carbonyl (C=O) groups is 1. The monoisotopic (exact) mass is 285 g/mol. The summed E-state index contributed by atoms with van der Waals surface area (Å²) in [4.78, 5) is 11.7. The molecule has 0 saturated heterocycles. The average molecular weight is 285 g/mol. The van der Waals surface area contributed by atoms with Crippen molar-refractivity contribution >= 4 is 5.97 Å². The standard InChI is InChI=1S/C16H31NO3/c1-5-20-15(19)12-6-8-13(9-7-12)17-14(11-18)10-16(2,3)4/h12-14,17-18H,5-11H2,1-4H3. The Morgan fingerprint density at radius 1 is 1.30 bits per heavy atom. The molecule has 0 spiro atoms. The second kappa shape index (κ2) is 7.99. The van der Waals surface area contributed by atoms with Gasteiger partial charge in [0.05, 0.1) is 19.1 Å². The third-order valence-corrected chi connectivity index (χ3v) is 3.90. The normalized spacial score (nSPS) is 25.2. The van der Waals surface area contributed by atoms with Gasteiger partial charge in [-0.15, -0.1) is 0 Å². The first-order valence-corrected chi connectivity index (χ1v) is 7.89. The molecule has 118 valence electrons. The minimum absolute atomic E-state index is 0.0423. The number of esters is 1. The fourth-order valence-corrected chi connectivity index (χ4v) is 3.00. The quantitative estimate of drug-likeness (QED) is 0.736. The smallest absolute Gasteiger partial charge is 0.308 e. The average Bonchev–Trinajstić information content (AvgIpc) is 2.37. The highest BCUT2D eigenvalue weighted by Gasteiger charge is 2.29. The maximum atomic E-state index is 11.7. The molecule has 0 amide bonds. The van der Waals surface area contributed by atoms with Crippen LogP contribution in [0.5, 0.6) is 0 Å². The lowest BCUT2D eigenvalue weighted by molar-refractivity contribution is -0.149. The molecule has 2 N–H and O–H groups in total. The molecule has 1 unspecified atom stereocenters. The summed E-state index contributed by atoms with van der Waals surface area (Å²) < 4.78 is 5.09. The Hall–Kier alpha value is -0.610. The van der Waals surface area contributed by atoms with Gasteiger partial charge in [0.1, 0.15) is 0 Å². The van der Waals surface area contributed by atoms with Gasteiger partial charge in [0.15, 0.2) is 0 Å². The number of carbonyl (C=O) groups excluding carboxylic acids is 1. The van der Waals surface area contributed by atoms with Gasteiger partial charge in [-0.25, -0.2) is 0 Å². The lowest BCUT2D eigenvalue weighted by Gasteiger charge is -2.33. The van der Waals surface area contributed by atoms with Crippen molar-refractivity contribution in [3.8, 4) is 0 Å². The molecule has 1 aliphatic carbocycles. The Kier molecular flexibility index (Phi) is 6.96. The molecule has 1 aliphatic rings. The Balaban J connectivity index is 2.35. The van der Waals surface area contributed by atoms with Crippen LogP contribution >= 0.6 is 0 Å². The van der Waals surface area contributed by atoms with E-state index in [9.17, 15) is 9.90 Å². The number of aliphatic hydroxyl groups excluding tert-OH is 1. The topological polar surface area (TPSA) is 58.6 Å². The summed E-state index contributed by atoms with van der Waals surface area (Å²) in [6.07, 6.45) is 4.73. The van der Waals surface area contributed by atoms with E-state index in [4.69, 9.17) is 4.74 Å². The van der Waals surface area contributed by atoms with Gasteiger partial charge in [-0.1, -0.05) is 20.8 Å². The molecule has 1 fully saturated rings. The second-order valence-corrected chi connectivity index (χ2v) is 7.11. The van der Waals surface area contributed by atoms with E-state index < -0.39 is 0 Å². The van der Waals surface area contributed by atoms with Crippen molar-refractivity contribution in [2.45, 2.75) is 71.9 Å². The first-order chi connectivity index (χ1) is 9.35. The van der Waals surface area contributed by atoms with Gasteiger partial charge in [0, 0.05) is 12.1 Å². The Bertz CT molecular complexity index is 291. The number of hydrogen-bond acceptors (Lipinski definition) is 4. The summed E-state index contributed by atoms with van der Waals surface area (Å²) in [7, 11) is 0. The summed E-state index contributed by atoms with van der Waals surface area (Å²) in [5.74, 6) is 0.0301. The van der Waals surface area contributed by atoms with Gasteiger partial charge in [-0.3, -0.25) is 4.79 Å². The third kappa shape index (κ3) is 6.23. The van der Waals surface area contributed by atoms with Crippen molar-refractivity contribution in [1.82, 2.24) is 5.32 Å². The zero-order valence-corrected chi connectivity index (χ0v) is 13.4. The van der Waals surface area contributed by atoms with E-state index in [-0.39, 0.29) is 30.0 Å². The molecule has 0 aliphatic heterocycles. The van der Waals surface area contributed by atoms with Crippen LogP contribution in [0.25, 0.3) is 0 Å². The van der Waals surface area contributed by atoms with Crippen LogP contribution in [0.4, 0.5) is 0 Å². The van der Waals surface area contributed by atoms with Crippen LogP contribution in [0, 0.1) is 11.3 Å². The van der Waals surface area contributed by atoms with Crippen LogP contribution in [0.2, 0.25) is 0 Å². The lowest BCUT2D eigenvalue weighted by atomic mass is 9.84. The number of nitrogens with one attached hydrogen (secondary N) is 1. The summed E-state index contributed by atoms with van der Waals surface area (Å²) in [5, 5.41) is 13.0. The highest BCUT2D eigenvalue weighted by molar-refractivity contribution is 5.72. The Morgan fingerprint density at radius 3 is 2.35 bits per heavy atom. The number of rotatable bonds is 6. The molecule has 20 heavy (non-hydrogen) atoms. The first-order valence-electron chi connectivity index (χ1n) is 7.89. The summed E-state index contributed by atoms with van der Waals surface area (Å²) >= 11 is 0. The predicted octanol–water partition coefficient (Wildman–Crippen LogP) is 2.50. The molecular formula is C16H31NO3. The van der Waals surface area contributed by atoms with Crippen molar-refractivity contribution in [2.24, 2.45) is 11.3 Å². The Morgan fingerprint density at radius 2 is 1.90 bits per heavy atom. The van der Waals surface area contributed by atoms with E-state index in [0.717, 1.165) is 32.1 Å². The van der Waals surface area contributed by atoms with Crippen molar-refractivity contribution in [3.05, 3.63) is 0 Å². The maximum Gasteiger partial charge on any atom is 0.308 e. The van der Waals surface area contributed by atoms with Crippen molar-refractivity contribution in [2.75, 3.05) is 13.2 Å². The van der Waals surface area contributed by atoms with Crippen LogP contribution in [-0.4, -0.2) is 36.4 Å². The molecule has 4 nitrogen and oxygen atoms in total. The highest BCUT2D eigenvalue weighted by Crippen LogP contribution is 2.27. The lowest BCUT2D eigenvalue weighted by Crippen LogP contribution is -2.44. The van der Waals surface area contributed by atoms with Crippen LogP contribution in [0.15, 0.2) is 0 Å². The van der Waals surface area contributed by atoms with Crippen molar-refractivity contribution < 1.29 is 14.6 Å². The summed E-state index contributed by atoms with van der Waals surface area (Å²) in [6.45, 7) is 9.06. The van der Waals surface area contributed by atoms with E-state index in [1.54, 1.807) is 0 Å². The van der Waals surface area contributed by atoms with Crippen LogP contribution in [0.3, 0.4) is 0 Å². The molecule has 0 bridgehead atoms. The SMILES string of the molecule is CCOC(=O)C1CCC(NC(CO)CC(C)(C)C)CC1. The molecule has 1 atom stereocenters. The molecule has 1 saturated carbocycles. The highest BCUT2D eigenvalue weighted by atomic mass is 16.5. The van der Waals surface area contributed by atoms with Gasteiger partial charge in [0.2, 0.25) is 0 Å². The van der Waals surface area contributed by atoms with Gasteiger partial charge in [0.25, 0.3) is 0 Å². The molecule has 0 heterocycles. The molecule has 0 radical (unpaired) electrons. The Labute approximate surface area is 123 Å². The van der Waals surface area contributed by atoms with E-state index in [1.807, 2.05) is 6.92 Å². The molecule has 0 aromatic carbocycles. The summed E-state index contributed by atoms with van der Waals surface area (Å²) in [6, 6.07) is 0.569. The number of aliphatic hydroxyl groups is 1. The van der Waals surface area contributed by atoms with E-state index in [0.29, 0.717) is 12.6 Å². The molecule has 0 aromatic heterocycles. The third-order valence-electron chi connectivity index (χ3n) is 3.90. The van der Waals surface area contributed by atoms with Gasteiger partial charge >= 0.3 is 5.97 Å². The zero-order chi connectivity index (χ0) is 15.2. The van der Waals surface area contributed by atoms with Crippen LogP contribution in [0.1, 0.15) is 59.8 Å². The number of ether oxygens (including phenoxy) is 1. The fourth-order valence-electron chi connectivity index (χ4n) is 3.00. The van der Waals surface area contributed by atoms with Crippen LogP contribution in [-0.2, 0) is 9.53 Å². The van der Waals surface area contributed by atoms with E-state index in [1.165, 1.54) is 0 Å². The van der Waals surface area contributed by atoms with Gasteiger partial charge in [-0.05, 0) is 44.4 Å².